The molecule has 1 unspecified atom stereocenters. The third-order valence-corrected chi connectivity index (χ3v) is 4.58. The van der Waals surface area contributed by atoms with Gasteiger partial charge in [-0.15, -0.1) is 6.58 Å². The van der Waals surface area contributed by atoms with Crippen molar-refractivity contribution >= 4 is 17.3 Å². The maximum absolute atomic E-state index is 12.3. The van der Waals surface area contributed by atoms with Crippen LogP contribution in [0.2, 0.25) is 0 Å². The highest BCUT2D eigenvalue weighted by molar-refractivity contribution is 5.90. The molecule has 0 amide bonds. The minimum absolute atomic E-state index is 0.286. The van der Waals surface area contributed by atoms with Crippen molar-refractivity contribution in [2.75, 3.05) is 4.90 Å². The van der Waals surface area contributed by atoms with E-state index in [-0.39, 0.29) is 5.97 Å². The third kappa shape index (κ3) is 3.98. The molecule has 3 rings (SSSR count). The topological polar surface area (TPSA) is 29.5 Å². The Morgan fingerprint density at radius 3 is 2.54 bits per heavy atom. The first-order valence-corrected chi connectivity index (χ1v) is 9.20. The van der Waals surface area contributed by atoms with E-state index in [0.717, 1.165) is 24.9 Å². The number of carbonyl (C=O) groups is 1. The van der Waals surface area contributed by atoms with Crippen LogP contribution in [0.3, 0.4) is 0 Å². The van der Waals surface area contributed by atoms with Crippen LogP contribution in [0.15, 0.2) is 61.2 Å². The maximum Gasteiger partial charge on any atom is 0.338 e. The number of aryl methyl sites for hydroxylation is 1. The quantitative estimate of drug-likeness (QED) is 0.526. The van der Waals surface area contributed by atoms with Crippen LogP contribution in [-0.2, 0) is 11.2 Å². The van der Waals surface area contributed by atoms with Crippen LogP contribution in [0.1, 0.15) is 49.5 Å². The fourth-order valence-corrected chi connectivity index (χ4v) is 3.47. The van der Waals surface area contributed by atoms with Gasteiger partial charge in [-0.3, -0.25) is 0 Å². The van der Waals surface area contributed by atoms with E-state index in [9.17, 15) is 4.79 Å². The highest BCUT2D eigenvalue weighted by Gasteiger charge is 2.26. The molecular formula is C23H27NO2. The summed E-state index contributed by atoms with van der Waals surface area (Å²) in [6, 6.07) is 16.7. The summed E-state index contributed by atoms with van der Waals surface area (Å²) in [5, 5.41) is 0. The lowest BCUT2D eigenvalue weighted by molar-refractivity contribution is 0.00696. The highest BCUT2D eigenvalue weighted by Crippen LogP contribution is 2.38. The largest absolute Gasteiger partial charge is 0.456 e. The number of carbonyl (C=O) groups excluding carboxylic acids is 1. The molecule has 0 bridgehead atoms. The standard InChI is InChI=1S/C23H27NO2/c1-5-8-19-14-11-17-9-6-7-10-21(17)24(19)20-15-12-18(13-16-20)22(25)26-23(2,3)4/h5-7,9-10,12-13,15-16,19H,1,8,11,14H2,2-4H3. The summed E-state index contributed by atoms with van der Waals surface area (Å²) in [5.41, 5.74) is 3.79. The molecule has 26 heavy (non-hydrogen) atoms. The van der Waals surface area contributed by atoms with E-state index >= 15 is 0 Å². The molecule has 1 aliphatic heterocycles. The monoisotopic (exact) mass is 349 g/mol. The van der Waals surface area contributed by atoms with Gasteiger partial charge in [0.15, 0.2) is 0 Å². The SMILES string of the molecule is C=CCC1CCc2ccccc2N1c1ccc(C(=O)OC(C)(C)C)cc1. The van der Waals surface area contributed by atoms with Gasteiger partial charge in [0, 0.05) is 17.4 Å². The molecule has 0 N–H and O–H groups in total. The van der Waals surface area contributed by atoms with Gasteiger partial charge in [0.1, 0.15) is 5.60 Å². The van der Waals surface area contributed by atoms with E-state index in [4.69, 9.17) is 4.74 Å². The van der Waals surface area contributed by atoms with Gasteiger partial charge in [-0.25, -0.2) is 4.79 Å². The van der Waals surface area contributed by atoms with Gasteiger partial charge in [0.2, 0.25) is 0 Å². The lowest BCUT2D eigenvalue weighted by Crippen LogP contribution is -2.35. The highest BCUT2D eigenvalue weighted by atomic mass is 16.6. The van der Waals surface area contributed by atoms with Crippen molar-refractivity contribution < 1.29 is 9.53 Å². The normalized spacial score (nSPS) is 16.7. The smallest absolute Gasteiger partial charge is 0.338 e. The molecule has 0 spiro atoms. The third-order valence-electron chi connectivity index (χ3n) is 4.58. The molecule has 1 atom stereocenters. The Morgan fingerprint density at radius 1 is 1.19 bits per heavy atom. The Labute approximate surface area is 156 Å². The number of hydrogen-bond acceptors (Lipinski definition) is 3. The molecule has 0 radical (unpaired) electrons. The maximum atomic E-state index is 12.3. The number of hydrogen-bond donors (Lipinski definition) is 0. The number of rotatable bonds is 4. The number of nitrogens with zero attached hydrogens (tertiary/aromatic N) is 1. The average molecular weight is 349 g/mol. The van der Waals surface area contributed by atoms with E-state index in [1.54, 1.807) is 0 Å². The fraction of sp³-hybridized carbons (Fsp3) is 0.348. The zero-order valence-corrected chi connectivity index (χ0v) is 15.9. The van der Waals surface area contributed by atoms with Gasteiger partial charge in [-0.05, 0) is 75.9 Å². The second-order valence-corrected chi connectivity index (χ2v) is 7.76. The number of fused-ring (bicyclic) bond motifs is 1. The number of ether oxygens (including phenoxy) is 1. The average Bonchev–Trinajstić information content (AvgIpc) is 2.60. The lowest BCUT2D eigenvalue weighted by atomic mass is 9.93. The molecule has 1 heterocycles. The summed E-state index contributed by atoms with van der Waals surface area (Å²) >= 11 is 0. The molecule has 136 valence electrons. The fourth-order valence-electron chi connectivity index (χ4n) is 3.47. The van der Waals surface area contributed by atoms with Gasteiger partial charge in [-0.1, -0.05) is 24.3 Å². The van der Waals surface area contributed by atoms with Gasteiger partial charge >= 0.3 is 5.97 Å². The van der Waals surface area contributed by atoms with Crippen molar-refractivity contribution in [1.29, 1.82) is 0 Å². The van der Waals surface area contributed by atoms with Crippen molar-refractivity contribution in [3.05, 3.63) is 72.3 Å². The van der Waals surface area contributed by atoms with Crippen LogP contribution in [0, 0.1) is 0 Å². The van der Waals surface area contributed by atoms with Crippen LogP contribution >= 0.6 is 0 Å². The minimum atomic E-state index is -0.489. The molecule has 2 aromatic rings. The second kappa shape index (κ2) is 7.36. The molecule has 0 fully saturated rings. The summed E-state index contributed by atoms with van der Waals surface area (Å²) in [6.45, 7) is 9.56. The Bertz CT molecular complexity index is 787. The van der Waals surface area contributed by atoms with Gasteiger partial charge < -0.3 is 9.64 Å². The van der Waals surface area contributed by atoms with Crippen LogP contribution in [0.5, 0.6) is 0 Å². The Kier molecular flexibility index (Phi) is 5.17. The summed E-state index contributed by atoms with van der Waals surface area (Å²) in [4.78, 5) is 14.6. The van der Waals surface area contributed by atoms with Crippen molar-refractivity contribution in [2.24, 2.45) is 0 Å². The zero-order valence-electron chi connectivity index (χ0n) is 15.9. The Hall–Kier alpha value is -2.55. The summed E-state index contributed by atoms with van der Waals surface area (Å²) in [6.07, 6.45) is 5.10. The second-order valence-electron chi connectivity index (χ2n) is 7.76. The first kappa shape index (κ1) is 18.2. The summed E-state index contributed by atoms with van der Waals surface area (Å²) in [7, 11) is 0. The van der Waals surface area contributed by atoms with Crippen molar-refractivity contribution in [2.45, 2.75) is 51.7 Å². The molecule has 0 aliphatic carbocycles. The van der Waals surface area contributed by atoms with Gasteiger partial charge in [0.25, 0.3) is 0 Å². The first-order chi connectivity index (χ1) is 12.4. The van der Waals surface area contributed by atoms with E-state index < -0.39 is 5.60 Å². The predicted molar refractivity (Wildman–Crippen MR) is 107 cm³/mol. The molecule has 0 aromatic heterocycles. The van der Waals surface area contributed by atoms with Crippen molar-refractivity contribution in [1.82, 2.24) is 0 Å². The number of para-hydroxylation sites is 1. The van der Waals surface area contributed by atoms with Crippen LogP contribution in [0.4, 0.5) is 11.4 Å². The van der Waals surface area contributed by atoms with Crippen LogP contribution in [0.25, 0.3) is 0 Å². The van der Waals surface area contributed by atoms with E-state index in [2.05, 4.69) is 35.7 Å². The number of benzene rings is 2. The van der Waals surface area contributed by atoms with E-state index in [1.807, 2.05) is 51.1 Å². The number of esters is 1. The van der Waals surface area contributed by atoms with Crippen molar-refractivity contribution in [3.8, 4) is 0 Å². The lowest BCUT2D eigenvalue weighted by Gasteiger charge is -2.38. The predicted octanol–water partition coefficient (Wildman–Crippen LogP) is 5.67. The summed E-state index contributed by atoms with van der Waals surface area (Å²) < 4.78 is 5.46. The van der Waals surface area contributed by atoms with Crippen LogP contribution in [-0.4, -0.2) is 17.6 Å². The molecule has 2 aromatic carbocycles. The molecule has 3 nitrogen and oxygen atoms in total. The Morgan fingerprint density at radius 2 is 1.88 bits per heavy atom. The zero-order chi connectivity index (χ0) is 18.7. The van der Waals surface area contributed by atoms with Gasteiger partial charge in [0.05, 0.1) is 5.56 Å². The first-order valence-electron chi connectivity index (χ1n) is 9.20. The Balaban J connectivity index is 1.91. The molecule has 0 saturated heterocycles. The molecule has 1 aliphatic rings. The molecule has 3 heteroatoms. The minimum Gasteiger partial charge on any atom is -0.456 e. The van der Waals surface area contributed by atoms with E-state index in [0.29, 0.717) is 11.6 Å². The molecule has 0 saturated carbocycles. The van der Waals surface area contributed by atoms with Crippen molar-refractivity contribution in [3.63, 3.8) is 0 Å². The molecular weight excluding hydrogens is 322 g/mol. The summed E-state index contributed by atoms with van der Waals surface area (Å²) in [5.74, 6) is -0.286. The van der Waals surface area contributed by atoms with Gasteiger partial charge in [-0.2, -0.15) is 0 Å². The van der Waals surface area contributed by atoms with Crippen LogP contribution < -0.4 is 4.90 Å². The number of anilines is 2. The van der Waals surface area contributed by atoms with E-state index in [1.165, 1.54) is 11.3 Å².